The maximum Gasteiger partial charge on any atom is 0.269 e. The van der Waals surface area contributed by atoms with Crippen LogP contribution in [0.3, 0.4) is 0 Å². The standard InChI is InChI=1S/C24H21FN3OS3.ClH/c1-4-28-23(14-22-27(3)17-13-15(25)9-10-19(17)31-22)32-20(24(28)29)11-12-21-26(2)16-7-5-6-8-18(16)30-21;/h5-14H,4H2,1-3H3;1H/q+1;/p-1/b20-11-,21-12-;. The van der Waals surface area contributed by atoms with E-state index >= 15 is 0 Å². The van der Waals surface area contributed by atoms with Gasteiger partial charge in [0.05, 0.1) is 21.3 Å². The van der Waals surface area contributed by atoms with Crippen molar-refractivity contribution in [1.82, 2.24) is 4.57 Å². The lowest BCUT2D eigenvalue weighted by Crippen LogP contribution is -3.00. The molecule has 3 heterocycles. The minimum Gasteiger partial charge on any atom is -1.00 e. The van der Waals surface area contributed by atoms with Crippen LogP contribution in [-0.2, 0) is 13.6 Å². The summed E-state index contributed by atoms with van der Waals surface area (Å²) in [5, 5.41) is 2.06. The van der Waals surface area contributed by atoms with Crippen LogP contribution in [0.2, 0.25) is 0 Å². The molecule has 5 rings (SSSR count). The van der Waals surface area contributed by atoms with Crippen molar-refractivity contribution in [1.29, 1.82) is 0 Å². The Labute approximate surface area is 209 Å². The Bertz CT molecular complexity index is 1570. The second kappa shape index (κ2) is 9.46. The second-order valence-corrected chi connectivity index (χ2v) is 10.6. The van der Waals surface area contributed by atoms with Crippen molar-refractivity contribution in [2.45, 2.75) is 18.4 Å². The summed E-state index contributed by atoms with van der Waals surface area (Å²) in [6.07, 6.45) is 5.96. The number of thiazole rings is 2. The summed E-state index contributed by atoms with van der Waals surface area (Å²) in [4.78, 5) is 16.4. The van der Waals surface area contributed by atoms with E-state index < -0.39 is 0 Å². The summed E-state index contributed by atoms with van der Waals surface area (Å²) >= 11 is 4.78. The maximum atomic E-state index is 13.7. The van der Waals surface area contributed by atoms with Gasteiger partial charge >= 0.3 is 0 Å². The molecule has 0 saturated heterocycles. The number of hydrogen-bond donors (Lipinski definition) is 0. The molecular weight excluding hydrogens is 497 g/mol. The molecule has 2 aromatic heterocycles. The molecular formula is C24H21ClFN3OS3. The molecule has 0 unspecified atom stereocenters. The zero-order valence-corrected chi connectivity index (χ0v) is 21.4. The first-order chi connectivity index (χ1) is 15.5. The Hall–Kier alpha value is -2.39. The van der Waals surface area contributed by atoms with Crippen molar-refractivity contribution in [3.05, 3.63) is 83.9 Å². The van der Waals surface area contributed by atoms with E-state index in [1.165, 1.54) is 28.0 Å². The Balaban J connectivity index is 0.00000259. The largest absolute Gasteiger partial charge is 1.00 e. The lowest BCUT2D eigenvalue weighted by atomic mass is 10.3. The quantitative estimate of drug-likeness (QED) is 0.377. The Morgan fingerprint density at radius 1 is 1.12 bits per heavy atom. The van der Waals surface area contributed by atoms with Crippen molar-refractivity contribution in [2.75, 3.05) is 11.9 Å². The van der Waals surface area contributed by atoms with Gasteiger partial charge in [-0.15, -0.1) is 11.3 Å². The zero-order chi connectivity index (χ0) is 22.4. The number of allylic oxidation sites excluding steroid dienone is 1. The van der Waals surface area contributed by atoms with Gasteiger partial charge in [0.1, 0.15) is 22.2 Å². The molecule has 0 atom stereocenters. The van der Waals surface area contributed by atoms with Crippen LogP contribution in [-0.4, -0.2) is 11.6 Å². The van der Waals surface area contributed by atoms with Crippen molar-refractivity contribution in [3.63, 3.8) is 0 Å². The van der Waals surface area contributed by atoms with Gasteiger partial charge in [0.25, 0.3) is 10.6 Å². The lowest BCUT2D eigenvalue weighted by molar-refractivity contribution is -0.642. The van der Waals surface area contributed by atoms with Crippen molar-refractivity contribution < 1.29 is 21.4 Å². The number of aryl methyl sites for hydroxylation is 1. The van der Waals surface area contributed by atoms with E-state index in [4.69, 9.17) is 0 Å². The van der Waals surface area contributed by atoms with Gasteiger partial charge in [-0.25, -0.2) is 4.39 Å². The second-order valence-electron chi connectivity index (χ2n) is 7.41. The molecule has 1 aliphatic rings. The fourth-order valence-corrected chi connectivity index (χ4v) is 6.99. The maximum absolute atomic E-state index is 13.7. The summed E-state index contributed by atoms with van der Waals surface area (Å²) in [6, 6.07) is 13.1. The van der Waals surface area contributed by atoms with Crippen molar-refractivity contribution in [3.8, 4) is 0 Å². The summed E-state index contributed by atoms with van der Waals surface area (Å²) in [5.74, 6) is -0.249. The first-order valence-corrected chi connectivity index (χ1v) is 12.6. The number of aromatic nitrogens is 2. The summed E-state index contributed by atoms with van der Waals surface area (Å²) in [6.45, 7) is 2.57. The molecule has 33 heavy (non-hydrogen) atoms. The van der Waals surface area contributed by atoms with Crippen LogP contribution in [0.25, 0.3) is 22.4 Å². The third-order valence-corrected chi connectivity index (χ3v) is 8.90. The first-order valence-electron chi connectivity index (χ1n) is 10.2. The molecule has 2 aromatic carbocycles. The van der Waals surface area contributed by atoms with Gasteiger partial charge in [-0.3, -0.25) is 9.36 Å². The Kier molecular flexibility index (Phi) is 6.81. The van der Waals surface area contributed by atoms with E-state index in [0.29, 0.717) is 11.1 Å². The molecule has 0 fully saturated rings. The van der Waals surface area contributed by atoms with E-state index in [-0.39, 0.29) is 23.8 Å². The summed E-state index contributed by atoms with van der Waals surface area (Å²) in [7, 11) is 3.97. The molecule has 9 heteroatoms. The Morgan fingerprint density at radius 2 is 1.91 bits per heavy atom. The molecule has 0 bridgehead atoms. The Morgan fingerprint density at radius 3 is 2.67 bits per heavy atom. The van der Waals surface area contributed by atoms with Gasteiger partial charge in [0, 0.05) is 24.6 Å². The van der Waals surface area contributed by atoms with Gasteiger partial charge < -0.3 is 17.3 Å². The zero-order valence-electron chi connectivity index (χ0n) is 18.2. The van der Waals surface area contributed by atoms with Gasteiger partial charge in [-0.1, -0.05) is 35.2 Å². The number of halogens is 2. The molecule has 0 spiro atoms. The number of thioether (sulfide) groups is 1. The molecule has 0 aliphatic carbocycles. The summed E-state index contributed by atoms with van der Waals surface area (Å²) in [5.41, 5.74) is 2.04. The number of rotatable bonds is 3. The molecule has 4 nitrogen and oxygen atoms in total. The fraction of sp³-hybridized carbons (Fsp3) is 0.167. The average molecular weight is 518 g/mol. The number of fused-ring (bicyclic) bond motifs is 2. The number of anilines is 1. The average Bonchev–Trinajstić information content (AvgIpc) is 3.39. The molecule has 0 N–H and O–H groups in total. The van der Waals surface area contributed by atoms with Crippen LogP contribution in [0, 0.1) is 5.82 Å². The van der Waals surface area contributed by atoms with Gasteiger partial charge in [-0.05, 0) is 43.3 Å². The third kappa shape index (κ3) is 4.28. The smallest absolute Gasteiger partial charge is 0.269 e. The van der Waals surface area contributed by atoms with E-state index in [0.717, 1.165) is 24.9 Å². The number of hydrogen-bond acceptors (Lipinski definition) is 5. The van der Waals surface area contributed by atoms with Gasteiger partial charge in [-0.2, -0.15) is 4.57 Å². The fourth-order valence-electron chi connectivity index (χ4n) is 3.74. The lowest BCUT2D eigenvalue weighted by Gasteiger charge is -2.12. The van der Waals surface area contributed by atoms with Crippen LogP contribution in [0.4, 0.5) is 10.1 Å². The van der Waals surface area contributed by atoms with Crippen LogP contribution in [0.5, 0.6) is 0 Å². The molecule has 0 radical (unpaired) electrons. The van der Waals surface area contributed by atoms with Crippen LogP contribution >= 0.6 is 34.4 Å². The highest BCUT2D eigenvalue weighted by atomic mass is 35.5. The third-order valence-electron chi connectivity index (χ3n) is 5.48. The predicted molar refractivity (Wildman–Crippen MR) is 133 cm³/mol. The molecule has 4 aromatic rings. The normalized spacial score (nSPS) is 15.5. The molecule has 170 valence electrons. The van der Waals surface area contributed by atoms with Crippen LogP contribution < -0.4 is 36.6 Å². The van der Waals surface area contributed by atoms with E-state index in [1.807, 2.05) is 55.9 Å². The molecule has 0 saturated carbocycles. The van der Waals surface area contributed by atoms with Crippen molar-refractivity contribution >= 4 is 62.5 Å². The molecule has 1 aliphatic heterocycles. The highest BCUT2D eigenvalue weighted by molar-refractivity contribution is 8.03. The number of nitrogens with zero attached hydrogens (tertiary/aromatic N) is 3. The number of benzene rings is 2. The van der Waals surface area contributed by atoms with E-state index in [2.05, 4.69) is 17.0 Å². The predicted octanol–water partition coefficient (Wildman–Crippen LogP) is 0.805. The SMILES string of the molecule is CCn1c(=O)/c(=C/C=C2\Sc3ccccc3N2C)s/c1=C\c1sc2ccc(F)cc2[n+]1C.[Cl-]. The van der Waals surface area contributed by atoms with Crippen LogP contribution in [0.15, 0.2) is 63.3 Å². The topological polar surface area (TPSA) is 29.1 Å². The highest BCUT2D eigenvalue weighted by Gasteiger charge is 2.20. The molecule has 0 amide bonds. The van der Waals surface area contributed by atoms with E-state index in [9.17, 15) is 9.18 Å². The van der Waals surface area contributed by atoms with Crippen molar-refractivity contribution in [2.24, 2.45) is 7.05 Å². The summed E-state index contributed by atoms with van der Waals surface area (Å²) < 4.78 is 20.0. The minimum absolute atomic E-state index is 0. The van der Waals surface area contributed by atoms with Gasteiger partial charge in [0.15, 0.2) is 0 Å². The number of para-hydroxylation sites is 1. The minimum atomic E-state index is -0.249. The monoisotopic (exact) mass is 517 g/mol. The highest BCUT2D eigenvalue weighted by Crippen LogP contribution is 2.44. The van der Waals surface area contributed by atoms with E-state index in [1.54, 1.807) is 39.8 Å². The first kappa shape index (κ1) is 23.8. The van der Waals surface area contributed by atoms with Gasteiger partial charge in [0.2, 0.25) is 5.52 Å². The van der Waals surface area contributed by atoms with Crippen LogP contribution in [0.1, 0.15) is 11.9 Å².